The number of amides is 2. The van der Waals surface area contributed by atoms with E-state index in [2.05, 4.69) is 9.88 Å². The highest BCUT2D eigenvalue weighted by Gasteiger charge is 2.40. The average molecular weight is 502 g/mol. The van der Waals surface area contributed by atoms with Crippen LogP contribution in [0.15, 0.2) is 65.3 Å². The lowest BCUT2D eigenvalue weighted by molar-refractivity contribution is -0.129. The van der Waals surface area contributed by atoms with Crippen molar-refractivity contribution in [2.24, 2.45) is 0 Å². The summed E-state index contributed by atoms with van der Waals surface area (Å²) in [6, 6.07) is 17.4. The summed E-state index contributed by atoms with van der Waals surface area (Å²) in [6.45, 7) is 3.41. The molecule has 0 radical (unpaired) electrons. The summed E-state index contributed by atoms with van der Waals surface area (Å²) in [7, 11) is 0. The second-order valence-corrected chi connectivity index (χ2v) is 9.32. The number of aromatic nitrogens is 1. The molecule has 1 atom stereocenters. The van der Waals surface area contributed by atoms with Crippen molar-refractivity contribution in [2.45, 2.75) is 38.4 Å². The minimum atomic E-state index is -0.780. The van der Waals surface area contributed by atoms with Crippen molar-refractivity contribution in [3.8, 4) is 5.75 Å². The first-order valence-corrected chi connectivity index (χ1v) is 12.8. The first-order valence-electron chi connectivity index (χ1n) is 12.8. The Morgan fingerprint density at radius 2 is 1.73 bits per heavy atom. The molecule has 0 spiro atoms. The molecule has 2 saturated heterocycles. The number of carbonyl (C=O) groups excluding carboxylic acids is 2. The van der Waals surface area contributed by atoms with Crippen molar-refractivity contribution in [3.05, 3.63) is 83.6 Å². The summed E-state index contributed by atoms with van der Waals surface area (Å²) in [5.74, 6) is 0.926. The first kappa shape index (κ1) is 24.8. The number of piperidine rings is 1. The second kappa shape index (κ2) is 11.9. The summed E-state index contributed by atoms with van der Waals surface area (Å²) >= 11 is 0. The van der Waals surface area contributed by atoms with E-state index in [0.717, 1.165) is 24.2 Å². The molecule has 3 aromatic rings. The number of rotatable bonds is 10. The van der Waals surface area contributed by atoms with Gasteiger partial charge in [-0.1, -0.05) is 48.9 Å². The lowest BCUT2D eigenvalue weighted by atomic mass is 10.1. The normalized spacial score (nSPS) is 18.5. The molecule has 8 heteroatoms. The fraction of sp³-hybridized carbons (Fsp3) is 0.345. The smallest absolute Gasteiger partial charge is 0.417 e. The van der Waals surface area contributed by atoms with Crippen LogP contribution in [0.25, 0.3) is 12.2 Å². The predicted octanol–water partition coefficient (Wildman–Crippen LogP) is 4.80. The van der Waals surface area contributed by atoms with E-state index < -0.39 is 12.2 Å². The van der Waals surface area contributed by atoms with E-state index in [4.69, 9.17) is 13.9 Å². The number of ether oxygens (including phenoxy) is 2. The first-order chi connectivity index (χ1) is 18.1. The van der Waals surface area contributed by atoms with Crippen LogP contribution in [-0.2, 0) is 22.6 Å². The number of likely N-dealkylation sites (tertiary alicyclic amines) is 1. The molecule has 0 saturated carbocycles. The minimum Gasteiger partial charge on any atom is -0.487 e. The highest BCUT2D eigenvalue weighted by atomic mass is 16.6. The van der Waals surface area contributed by atoms with E-state index >= 15 is 0 Å². The van der Waals surface area contributed by atoms with E-state index in [-0.39, 0.29) is 12.5 Å². The molecule has 2 aromatic carbocycles. The molecule has 1 unspecified atom stereocenters. The van der Waals surface area contributed by atoms with Gasteiger partial charge in [-0.15, -0.1) is 0 Å². The van der Waals surface area contributed by atoms with Crippen molar-refractivity contribution >= 4 is 24.2 Å². The fourth-order valence-corrected chi connectivity index (χ4v) is 4.54. The number of oxazole rings is 1. The average Bonchev–Trinajstić information content (AvgIpc) is 3.50. The number of benzene rings is 2. The fourth-order valence-electron chi connectivity index (χ4n) is 4.54. The van der Waals surface area contributed by atoms with Gasteiger partial charge in [0, 0.05) is 25.6 Å². The molecule has 3 heterocycles. The van der Waals surface area contributed by atoms with E-state index in [1.165, 1.54) is 24.2 Å². The number of cyclic esters (lactones) is 1. The van der Waals surface area contributed by atoms with Crippen molar-refractivity contribution in [1.29, 1.82) is 0 Å². The van der Waals surface area contributed by atoms with Crippen molar-refractivity contribution < 1.29 is 23.5 Å². The van der Waals surface area contributed by atoms with E-state index in [9.17, 15) is 9.59 Å². The number of nitrogens with zero attached hydrogens (tertiary/aromatic N) is 3. The Labute approximate surface area is 216 Å². The van der Waals surface area contributed by atoms with E-state index in [1.54, 1.807) is 6.26 Å². The van der Waals surface area contributed by atoms with Crippen LogP contribution in [0.4, 0.5) is 4.79 Å². The number of imide groups is 1. The molecular formula is C29H31N3O5. The third kappa shape index (κ3) is 6.65. The van der Waals surface area contributed by atoms with Gasteiger partial charge in [0.15, 0.2) is 6.10 Å². The van der Waals surface area contributed by atoms with Gasteiger partial charge < -0.3 is 18.8 Å². The van der Waals surface area contributed by atoms with Crippen molar-refractivity contribution in [3.63, 3.8) is 0 Å². The molecule has 5 rings (SSSR count). The third-order valence-corrected chi connectivity index (χ3v) is 6.61. The van der Waals surface area contributed by atoms with Gasteiger partial charge in [-0.25, -0.2) is 14.7 Å². The number of hydrogen-bond donors (Lipinski definition) is 0. The highest BCUT2D eigenvalue weighted by Crippen LogP contribution is 2.21. The van der Waals surface area contributed by atoms with Crippen LogP contribution in [-0.4, -0.2) is 59.1 Å². The van der Waals surface area contributed by atoms with Crippen LogP contribution in [0, 0.1) is 0 Å². The van der Waals surface area contributed by atoms with E-state index in [0.29, 0.717) is 36.8 Å². The Hall–Kier alpha value is -3.91. The number of carbonyl (C=O) groups is 2. The third-order valence-electron chi connectivity index (χ3n) is 6.61. The number of hydrogen-bond acceptors (Lipinski definition) is 7. The Kier molecular flexibility index (Phi) is 7.96. The van der Waals surface area contributed by atoms with Crippen LogP contribution >= 0.6 is 0 Å². The zero-order chi connectivity index (χ0) is 25.5. The lowest BCUT2D eigenvalue weighted by Crippen LogP contribution is -2.40. The van der Waals surface area contributed by atoms with E-state index in [1.807, 2.05) is 66.7 Å². The lowest BCUT2D eigenvalue weighted by Gasteiger charge is -2.27. The van der Waals surface area contributed by atoms with Gasteiger partial charge in [0.2, 0.25) is 5.89 Å². The largest absolute Gasteiger partial charge is 0.487 e. The van der Waals surface area contributed by atoms with Gasteiger partial charge in [-0.3, -0.25) is 4.79 Å². The quantitative estimate of drug-likeness (QED) is 0.395. The molecule has 0 bridgehead atoms. The minimum absolute atomic E-state index is 0.259. The Balaban J connectivity index is 1.08. The summed E-state index contributed by atoms with van der Waals surface area (Å²) in [5, 5.41) is 0. The van der Waals surface area contributed by atoms with Crippen LogP contribution in [0.3, 0.4) is 0 Å². The van der Waals surface area contributed by atoms with Crippen LogP contribution < -0.4 is 4.74 Å². The molecule has 2 aliphatic rings. The highest BCUT2D eigenvalue weighted by molar-refractivity contribution is 6.00. The summed E-state index contributed by atoms with van der Waals surface area (Å²) < 4.78 is 16.7. The van der Waals surface area contributed by atoms with Gasteiger partial charge in [-0.2, -0.15) is 0 Å². The van der Waals surface area contributed by atoms with Gasteiger partial charge in [0.05, 0.1) is 0 Å². The molecular weight excluding hydrogens is 470 g/mol. The summed E-state index contributed by atoms with van der Waals surface area (Å²) in [6.07, 6.45) is 7.95. The maximum Gasteiger partial charge on any atom is 0.417 e. The Morgan fingerprint density at radius 3 is 2.51 bits per heavy atom. The molecule has 0 N–H and O–H groups in total. The molecule has 0 aliphatic carbocycles. The van der Waals surface area contributed by atoms with Gasteiger partial charge in [-0.05, 0) is 55.3 Å². The Bertz CT molecular complexity index is 1220. The molecule has 2 amide bonds. The standard InChI is InChI=1S/C29H31N3O5/c33-28-26(37-29(34)32(28)18-17-31-15-5-2-6-16-31)19-23-9-12-25(13-10-23)35-20-24-21-36-27(30-24)14-11-22-7-3-1-4-8-22/h1,3-4,7-14,21,26H,2,5-6,15-20H2. The molecule has 2 aliphatic heterocycles. The molecule has 37 heavy (non-hydrogen) atoms. The van der Waals surface area contributed by atoms with Gasteiger partial charge >= 0.3 is 6.09 Å². The van der Waals surface area contributed by atoms with Crippen LogP contribution in [0.2, 0.25) is 0 Å². The summed E-state index contributed by atoms with van der Waals surface area (Å²) in [4.78, 5) is 33.0. The zero-order valence-corrected chi connectivity index (χ0v) is 20.8. The molecule has 192 valence electrons. The maximum atomic E-state index is 12.8. The molecule has 2 fully saturated rings. The van der Waals surface area contributed by atoms with Crippen LogP contribution in [0.5, 0.6) is 5.75 Å². The SMILES string of the molecule is O=C1OC(Cc2ccc(OCc3coc(C=Cc4ccccc4)n3)cc2)C(=O)N1CCN1CCCCC1. The van der Waals surface area contributed by atoms with Gasteiger partial charge in [0.1, 0.15) is 24.3 Å². The summed E-state index contributed by atoms with van der Waals surface area (Å²) in [5.41, 5.74) is 2.65. The van der Waals surface area contributed by atoms with Gasteiger partial charge in [0.25, 0.3) is 5.91 Å². The van der Waals surface area contributed by atoms with Crippen LogP contribution in [0.1, 0.15) is 42.0 Å². The zero-order valence-electron chi connectivity index (χ0n) is 20.8. The van der Waals surface area contributed by atoms with Crippen molar-refractivity contribution in [2.75, 3.05) is 26.2 Å². The maximum absolute atomic E-state index is 12.8. The monoisotopic (exact) mass is 501 g/mol. The Morgan fingerprint density at radius 1 is 0.946 bits per heavy atom. The second-order valence-electron chi connectivity index (χ2n) is 9.32. The van der Waals surface area contributed by atoms with Crippen molar-refractivity contribution in [1.82, 2.24) is 14.8 Å². The molecule has 1 aromatic heterocycles. The predicted molar refractivity (Wildman–Crippen MR) is 139 cm³/mol. The topological polar surface area (TPSA) is 85.1 Å². The molecule has 8 nitrogen and oxygen atoms in total.